The lowest BCUT2D eigenvalue weighted by atomic mass is 10.2. The summed E-state index contributed by atoms with van der Waals surface area (Å²) in [5.41, 5.74) is 0. The molecule has 4 nitrogen and oxygen atoms in total. The molecule has 0 bridgehead atoms. The highest BCUT2D eigenvalue weighted by molar-refractivity contribution is 4.79. The number of morpholine rings is 1. The number of hydrogen-bond donors (Lipinski definition) is 0. The van der Waals surface area contributed by atoms with Crippen LogP contribution in [0.5, 0.6) is 0 Å². The van der Waals surface area contributed by atoms with Gasteiger partial charge >= 0.3 is 0 Å². The first-order chi connectivity index (χ1) is 5.90. The molecule has 2 aliphatic heterocycles. The van der Waals surface area contributed by atoms with E-state index in [-0.39, 0.29) is 0 Å². The summed E-state index contributed by atoms with van der Waals surface area (Å²) in [6.07, 6.45) is 0.452. The molecule has 0 aliphatic carbocycles. The van der Waals surface area contributed by atoms with Gasteiger partial charge in [0, 0.05) is 33.3 Å². The summed E-state index contributed by atoms with van der Waals surface area (Å²) < 4.78 is 10.5. The Labute approximate surface area is 73.0 Å². The normalized spacial score (nSPS) is 28.8. The number of hydrogen-bond acceptors (Lipinski definition) is 4. The first-order valence-electron chi connectivity index (χ1n) is 4.50. The average molecular weight is 172 g/mol. The number of rotatable bonds is 2. The van der Waals surface area contributed by atoms with E-state index in [1.165, 1.54) is 0 Å². The third-order valence-electron chi connectivity index (χ3n) is 2.55. The van der Waals surface area contributed by atoms with Crippen LogP contribution in [0.1, 0.15) is 0 Å². The van der Waals surface area contributed by atoms with Gasteiger partial charge < -0.3 is 9.47 Å². The summed E-state index contributed by atoms with van der Waals surface area (Å²) in [7, 11) is 1.78. The number of hydrazine groups is 1. The van der Waals surface area contributed by atoms with Crippen molar-refractivity contribution < 1.29 is 9.47 Å². The summed E-state index contributed by atoms with van der Waals surface area (Å²) in [6, 6.07) is 0. The lowest BCUT2D eigenvalue weighted by molar-refractivity contribution is -0.172. The molecular formula is C8H16N2O2. The lowest BCUT2D eigenvalue weighted by Crippen LogP contribution is -2.61. The minimum Gasteiger partial charge on any atom is -0.379 e. The molecule has 0 radical (unpaired) electrons. The van der Waals surface area contributed by atoms with Crippen molar-refractivity contribution in [2.24, 2.45) is 0 Å². The fourth-order valence-electron chi connectivity index (χ4n) is 1.63. The van der Waals surface area contributed by atoms with Gasteiger partial charge in [-0.1, -0.05) is 0 Å². The van der Waals surface area contributed by atoms with Crippen molar-refractivity contribution in [3.05, 3.63) is 0 Å². The van der Waals surface area contributed by atoms with Crippen molar-refractivity contribution >= 4 is 0 Å². The fraction of sp³-hybridized carbons (Fsp3) is 1.00. The molecular weight excluding hydrogens is 156 g/mol. The van der Waals surface area contributed by atoms with Crippen LogP contribution in [-0.4, -0.2) is 62.6 Å². The van der Waals surface area contributed by atoms with E-state index in [0.717, 1.165) is 39.4 Å². The molecule has 0 aromatic heterocycles. The van der Waals surface area contributed by atoms with Gasteiger partial charge in [0.15, 0.2) is 0 Å². The topological polar surface area (TPSA) is 24.9 Å². The summed E-state index contributed by atoms with van der Waals surface area (Å²) in [5, 5.41) is 4.70. The summed E-state index contributed by atoms with van der Waals surface area (Å²) in [6.45, 7) is 5.92. The molecule has 70 valence electrons. The van der Waals surface area contributed by atoms with Crippen LogP contribution in [0.25, 0.3) is 0 Å². The highest BCUT2D eigenvalue weighted by atomic mass is 16.5. The van der Waals surface area contributed by atoms with Crippen molar-refractivity contribution in [2.75, 3.05) is 46.5 Å². The Morgan fingerprint density at radius 1 is 1.17 bits per heavy atom. The standard InChI is InChI=1S/C8H16N2O2/c1-11-8-6-10(7-8)9-2-4-12-5-3-9/h8H,2-7H2,1H3. The Hall–Kier alpha value is -0.160. The molecule has 0 saturated carbocycles. The minimum atomic E-state index is 0.452. The van der Waals surface area contributed by atoms with Crippen molar-refractivity contribution in [3.63, 3.8) is 0 Å². The molecule has 2 saturated heterocycles. The van der Waals surface area contributed by atoms with Crippen LogP contribution in [0.3, 0.4) is 0 Å². The SMILES string of the molecule is COC1CN(N2CCOCC2)C1. The van der Waals surface area contributed by atoms with E-state index in [1.807, 2.05) is 0 Å². The predicted molar refractivity (Wildman–Crippen MR) is 44.8 cm³/mol. The molecule has 2 heterocycles. The second-order valence-corrected chi connectivity index (χ2v) is 3.30. The van der Waals surface area contributed by atoms with Gasteiger partial charge in [0.2, 0.25) is 0 Å². The van der Waals surface area contributed by atoms with Crippen molar-refractivity contribution in [3.8, 4) is 0 Å². The van der Waals surface area contributed by atoms with Crippen molar-refractivity contribution in [1.82, 2.24) is 10.0 Å². The largest absolute Gasteiger partial charge is 0.379 e. The van der Waals surface area contributed by atoms with Gasteiger partial charge in [0.25, 0.3) is 0 Å². The third kappa shape index (κ3) is 1.61. The molecule has 0 N–H and O–H groups in total. The first kappa shape index (κ1) is 8.44. The molecule has 2 aliphatic rings. The van der Waals surface area contributed by atoms with Crippen LogP contribution in [0.15, 0.2) is 0 Å². The molecule has 4 heteroatoms. The molecule has 0 atom stereocenters. The van der Waals surface area contributed by atoms with Gasteiger partial charge in [-0.2, -0.15) is 0 Å². The summed E-state index contributed by atoms with van der Waals surface area (Å²) >= 11 is 0. The Bertz CT molecular complexity index is 142. The fourth-order valence-corrected chi connectivity index (χ4v) is 1.63. The second kappa shape index (κ2) is 3.70. The van der Waals surface area contributed by atoms with Gasteiger partial charge in [-0.3, -0.25) is 0 Å². The second-order valence-electron chi connectivity index (χ2n) is 3.30. The quantitative estimate of drug-likeness (QED) is 0.564. The molecule has 2 rings (SSSR count). The van der Waals surface area contributed by atoms with E-state index in [2.05, 4.69) is 10.0 Å². The molecule has 0 aromatic carbocycles. The number of ether oxygens (including phenoxy) is 2. The van der Waals surface area contributed by atoms with E-state index >= 15 is 0 Å². The highest BCUT2D eigenvalue weighted by Crippen LogP contribution is 2.14. The van der Waals surface area contributed by atoms with E-state index < -0.39 is 0 Å². The number of methoxy groups -OCH3 is 1. The maximum atomic E-state index is 5.27. The smallest absolute Gasteiger partial charge is 0.0853 e. The minimum absolute atomic E-state index is 0.452. The Kier molecular flexibility index (Phi) is 2.60. The van der Waals surface area contributed by atoms with Crippen LogP contribution < -0.4 is 0 Å². The lowest BCUT2D eigenvalue weighted by Gasteiger charge is -2.46. The van der Waals surface area contributed by atoms with E-state index in [1.54, 1.807) is 7.11 Å². The molecule has 0 aromatic rings. The van der Waals surface area contributed by atoms with Crippen LogP contribution >= 0.6 is 0 Å². The van der Waals surface area contributed by atoms with Gasteiger partial charge in [-0.25, -0.2) is 10.0 Å². The van der Waals surface area contributed by atoms with E-state index in [4.69, 9.17) is 9.47 Å². The average Bonchev–Trinajstić information content (AvgIpc) is 2.04. The van der Waals surface area contributed by atoms with Gasteiger partial charge in [-0.05, 0) is 0 Å². The maximum absolute atomic E-state index is 5.27. The molecule has 0 unspecified atom stereocenters. The van der Waals surface area contributed by atoms with Gasteiger partial charge in [0.05, 0.1) is 19.3 Å². The van der Waals surface area contributed by atoms with Crippen molar-refractivity contribution in [2.45, 2.75) is 6.10 Å². The van der Waals surface area contributed by atoms with Crippen LogP contribution in [0.2, 0.25) is 0 Å². The molecule has 12 heavy (non-hydrogen) atoms. The summed E-state index contributed by atoms with van der Waals surface area (Å²) in [5.74, 6) is 0. The van der Waals surface area contributed by atoms with E-state index in [9.17, 15) is 0 Å². The van der Waals surface area contributed by atoms with Crippen LogP contribution in [-0.2, 0) is 9.47 Å². The van der Waals surface area contributed by atoms with E-state index in [0.29, 0.717) is 6.10 Å². The zero-order valence-electron chi connectivity index (χ0n) is 7.53. The number of nitrogens with zero attached hydrogens (tertiary/aromatic N) is 2. The van der Waals surface area contributed by atoms with Gasteiger partial charge in [-0.15, -0.1) is 0 Å². The van der Waals surface area contributed by atoms with Crippen molar-refractivity contribution in [1.29, 1.82) is 0 Å². The Balaban J connectivity index is 1.72. The molecule has 0 amide bonds. The zero-order valence-corrected chi connectivity index (χ0v) is 7.53. The summed E-state index contributed by atoms with van der Waals surface area (Å²) in [4.78, 5) is 0. The Morgan fingerprint density at radius 2 is 1.83 bits per heavy atom. The first-order valence-corrected chi connectivity index (χ1v) is 4.50. The molecule has 0 spiro atoms. The predicted octanol–water partition coefficient (Wildman–Crippen LogP) is -0.436. The van der Waals surface area contributed by atoms with Crippen LogP contribution in [0, 0.1) is 0 Å². The maximum Gasteiger partial charge on any atom is 0.0853 e. The monoisotopic (exact) mass is 172 g/mol. The third-order valence-corrected chi connectivity index (χ3v) is 2.55. The Morgan fingerprint density at radius 3 is 2.42 bits per heavy atom. The van der Waals surface area contributed by atoms with Crippen LogP contribution in [0.4, 0.5) is 0 Å². The van der Waals surface area contributed by atoms with Gasteiger partial charge in [0.1, 0.15) is 0 Å². The zero-order chi connectivity index (χ0) is 8.39. The molecule has 2 fully saturated rings. The highest BCUT2D eigenvalue weighted by Gasteiger charge is 2.31.